The summed E-state index contributed by atoms with van der Waals surface area (Å²) in [6.45, 7) is 13.5. The summed E-state index contributed by atoms with van der Waals surface area (Å²) in [4.78, 5) is 35.1. The van der Waals surface area contributed by atoms with E-state index in [2.05, 4.69) is 0 Å². The highest BCUT2D eigenvalue weighted by Gasteiger charge is 2.43. The van der Waals surface area contributed by atoms with Crippen molar-refractivity contribution in [2.24, 2.45) is 16.2 Å². The third-order valence-corrected chi connectivity index (χ3v) is 16.4. The van der Waals surface area contributed by atoms with Crippen molar-refractivity contribution in [3.05, 3.63) is 0 Å². The van der Waals surface area contributed by atoms with Crippen LogP contribution in [0.2, 0.25) is 25.2 Å². The Morgan fingerprint density at radius 2 is 0.875 bits per heavy atom. The Labute approximate surface area is 299 Å². The molecule has 284 valence electrons. The fraction of sp³-hybridized carbons (Fsp3) is 0.906. The minimum atomic E-state index is -2.98. The second kappa shape index (κ2) is 24.0. The molecule has 2 atom stereocenters. The fourth-order valence-electron chi connectivity index (χ4n) is 4.43. The van der Waals surface area contributed by atoms with Crippen molar-refractivity contribution in [2.75, 3.05) is 71.0 Å². The summed E-state index contributed by atoms with van der Waals surface area (Å²) in [7, 11) is -5.96. The number of rotatable bonds is 29. The molecule has 0 aromatic rings. The molecule has 12 nitrogen and oxygen atoms in total. The lowest BCUT2D eigenvalue weighted by molar-refractivity contribution is -0.147. The monoisotopic (exact) mass is 760 g/mol. The van der Waals surface area contributed by atoms with Gasteiger partial charge in [-0.05, 0) is 57.3 Å². The molecule has 0 saturated carbocycles. The number of hydrogen-bond acceptors (Lipinski definition) is 14. The summed E-state index contributed by atoms with van der Waals surface area (Å²) in [6, 6.07) is 1.12. The van der Waals surface area contributed by atoms with Gasteiger partial charge in [-0.3, -0.25) is 14.4 Å². The average molecular weight is 761 g/mol. The van der Waals surface area contributed by atoms with Crippen molar-refractivity contribution < 1.29 is 57.3 Å². The Balaban J connectivity index is 6.28. The van der Waals surface area contributed by atoms with Gasteiger partial charge in [-0.15, -0.1) is 0 Å². The van der Waals surface area contributed by atoms with E-state index in [4.69, 9.17) is 22.4 Å². The molecule has 48 heavy (non-hydrogen) atoms. The van der Waals surface area contributed by atoms with E-state index in [1.54, 1.807) is 0 Å². The average Bonchev–Trinajstić information content (AvgIpc) is 3.07. The molecule has 0 amide bonds. The lowest BCUT2D eigenvalue weighted by atomic mass is 9.88. The van der Waals surface area contributed by atoms with Crippen molar-refractivity contribution >= 4 is 56.8 Å². The third-order valence-electron chi connectivity index (χ3n) is 9.07. The lowest BCUT2D eigenvalue weighted by Gasteiger charge is -2.40. The number of carbonyl (C=O) groups excluding carboxylic acids is 3. The smallest absolute Gasteiger partial charge is 0.335 e. The van der Waals surface area contributed by atoms with Gasteiger partial charge in [-0.2, -0.15) is 0 Å². The quantitative estimate of drug-likeness (QED) is 0.0483. The number of ether oxygens (including phenoxy) is 1. The van der Waals surface area contributed by atoms with Gasteiger partial charge in [-0.1, -0.05) is 44.3 Å². The van der Waals surface area contributed by atoms with E-state index in [0.717, 1.165) is 0 Å². The third kappa shape index (κ3) is 18.2. The zero-order chi connectivity index (χ0) is 36.9. The maximum absolute atomic E-state index is 12.0. The first-order valence-electron chi connectivity index (χ1n) is 16.9. The first-order chi connectivity index (χ1) is 22.5. The van der Waals surface area contributed by atoms with Crippen molar-refractivity contribution in [1.82, 2.24) is 0 Å². The van der Waals surface area contributed by atoms with Gasteiger partial charge < -0.3 is 42.9 Å². The van der Waals surface area contributed by atoms with E-state index in [-0.39, 0.29) is 69.7 Å². The number of thioether (sulfide) groups is 2. The Bertz CT molecular complexity index is 862. The summed E-state index contributed by atoms with van der Waals surface area (Å²) >= 11 is 2.47. The molecule has 0 fully saturated rings. The van der Waals surface area contributed by atoms with E-state index < -0.39 is 39.3 Å². The number of carbonyl (C=O) groups is 3. The number of aliphatic hydroxyl groups excluding tert-OH is 4. The van der Waals surface area contributed by atoms with Gasteiger partial charge in [0.2, 0.25) is 0 Å². The van der Waals surface area contributed by atoms with Crippen LogP contribution in [0, 0.1) is 16.2 Å². The molecule has 16 heteroatoms. The second-order valence-electron chi connectivity index (χ2n) is 13.3. The standard InChI is InChI=1S/C32H64O12S2Si2/c1-9-30(18-33,19-34)23-41-47(7,16-12-14-45-28(5)38)43-25-32(11-3,22-40-27(4)37)26-44-48(8,17-13-15-46-29(6)39)42-24-31(10-2,20-35)21-36/h33-36H,9-26H2,1-8H3. The van der Waals surface area contributed by atoms with Crippen molar-refractivity contribution in [1.29, 1.82) is 0 Å². The van der Waals surface area contributed by atoms with Crippen LogP contribution in [0.5, 0.6) is 0 Å². The van der Waals surface area contributed by atoms with E-state index in [1.807, 2.05) is 33.9 Å². The fourth-order valence-corrected chi connectivity index (χ4v) is 10.9. The van der Waals surface area contributed by atoms with Gasteiger partial charge in [0, 0.05) is 74.9 Å². The van der Waals surface area contributed by atoms with Crippen LogP contribution in [-0.2, 0) is 36.8 Å². The Hall–Kier alpha value is -0.376. The molecular formula is C32H64O12S2Si2. The van der Waals surface area contributed by atoms with Crippen molar-refractivity contribution in [2.45, 2.75) is 98.8 Å². The van der Waals surface area contributed by atoms with Gasteiger partial charge in [0.05, 0.1) is 26.4 Å². The number of hydrogen-bond donors (Lipinski definition) is 4. The SMILES string of the molecule is CCC(CO)(CO)CO[Si](C)(CCCSC(C)=O)OCC(CC)(COC(C)=O)CO[Si](C)(CCCSC(C)=O)OCC(CC)(CO)CO. The Morgan fingerprint density at radius 1 is 0.562 bits per heavy atom. The molecule has 0 aromatic heterocycles. The molecule has 0 aromatic carbocycles. The van der Waals surface area contributed by atoms with Gasteiger partial charge in [0.1, 0.15) is 6.61 Å². The molecule has 0 saturated heterocycles. The molecule has 2 unspecified atom stereocenters. The van der Waals surface area contributed by atoms with Crippen molar-refractivity contribution in [3.8, 4) is 0 Å². The van der Waals surface area contributed by atoms with Crippen LogP contribution in [0.3, 0.4) is 0 Å². The molecule has 0 aliphatic carbocycles. The molecule has 0 rings (SSSR count). The summed E-state index contributed by atoms with van der Waals surface area (Å²) in [5, 5.41) is 40.2. The van der Waals surface area contributed by atoms with Crippen LogP contribution in [0.15, 0.2) is 0 Å². The minimum absolute atomic E-state index is 0.0204. The second-order valence-corrected chi connectivity index (χ2v) is 22.5. The zero-order valence-electron chi connectivity index (χ0n) is 30.6. The van der Waals surface area contributed by atoms with Crippen LogP contribution in [0.25, 0.3) is 0 Å². The Kier molecular flexibility index (Phi) is 23.8. The summed E-state index contributed by atoms with van der Waals surface area (Å²) in [6.07, 6.45) is 2.85. The highest BCUT2D eigenvalue weighted by molar-refractivity contribution is 8.13. The summed E-state index contributed by atoms with van der Waals surface area (Å²) < 4.78 is 31.8. The van der Waals surface area contributed by atoms with Crippen LogP contribution >= 0.6 is 23.5 Å². The molecule has 0 aliphatic heterocycles. The lowest BCUT2D eigenvalue weighted by Crippen LogP contribution is -2.51. The van der Waals surface area contributed by atoms with Gasteiger partial charge in [-0.25, -0.2) is 0 Å². The highest BCUT2D eigenvalue weighted by Crippen LogP contribution is 2.33. The minimum Gasteiger partial charge on any atom is -0.465 e. The van der Waals surface area contributed by atoms with E-state index >= 15 is 0 Å². The molecule has 0 radical (unpaired) electrons. The normalized spacial score (nSPS) is 16.2. The molecule has 4 N–H and O–H groups in total. The van der Waals surface area contributed by atoms with Crippen molar-refractivity contribution in [3.63, 3.8) is 0 Å². The van der Waals surface area contributed by atoms with Crippen LogP contribution < -0.4 is 0 Å². The van der Waals surface area contributed by atoms with E-state index in [0.29, 0.717) is 55.7 Å². The van der Waals surface area contributed by atoms with E-state index in [1.165, 1.54) is 44.3 Å². The number of esters is 1. The maximum atomic E-state index is 12.0. The largest absolute Gasteiger partial charge is 0.465 e. The molecular weight excluding hydrogens is 697 g/mol. The topological polar surface area (TPSA) is 178 Å². The molecule has 0 aliphatic rings. The summed E-state index contributed by atoms with van der Waals surface area (Å²) in [5.41, 5.74) is -2.43. The van der Waals surface area contributed by atoms with Gasteiger partial charge in [0.25, 0.3) is 0 Å². The Morgan fingerprint density at radius 3 is 1.12 bits per heavy atom. The summed E-state index contributed by atoms with van der Waals surface area (Å²) in [5.74, 6) is 0.756. The predicted octanol–water partition coefficient (Wildman–Crippen LogP) is 4.26. The zero-order valence-corrected chi connectivity index (χ0v) is 34.2. The van der Waals surface area contributed by atoms with Crippen LogP contribution in [0.1, 0.15) is 73.6 Å². The van der Waals surface area contributed by atoms with Gasteiger partial charge >= 0.3 is 23.1 Å². The van der Waals surface area contributed by atoms with Crippen LogP contribution in [-0.4, -0.2) is 125 Å². The molecule has 0 heterocycles. The maximum Gasteiger partial charge on any atom is 0.335 e. The van der Waals surface area contributed by atoms with Gasteiger partial charge in [0.15, 0.2) is 10.2 Å². The molecule has 0 spiro atoms. The highest BCUT2D eigenvalue weighted by atomic mass is 32.2. The van der Waals surface area contributed by atoms with Crippen LogP contribution in [0.4, 0.5) is 0 Å². The van der Waals surface area contributed by atoms with E-state index in [9.17, 15) is 34.8 Å². The predicted molar refractivity (Wildman–Crippen MR) is 195 cm³/mol. The first kappa shape index (κ1) is 47.6. The first-order valence-corrected chi connectivity index (χ1v) is 23.9. The molecule has 0 bridgehead atoms. The number of aliphatic hydroxyl groups is 4.